The topological polar surface area (TPSA) is 21.7 Å². The molecule has 0 N–H and O–H groups in total. The van der Waals surface area contributed by atoms with Crippen molar-refractivity contribution in [2.75, 3.05) is 26.8 Å². The van der Waals surface area contributed by atoms with Crippen LogP contribution in [0.3, 0.4) is 0 Å². The van der Waals surface area contributed by atoms with Gasteiger partial charge in [-0.3, -0.25) is 0 Å². The van der Waals surface area contributed by atoms with Gasteiger partial charge in [-0.2, -0.15) is 0 Å². The van der Waals surface area contributed by atoms with Gasteiger partial charge >= 0.3 is 137 Å². The molecule has 2 rings (SSSR count). The predicted molar refractivity (Wildman–Crippen MR) is 71.8 cm³/mol. The Bertz CT molecular complexity index is 533. The Kier molecular flexibility index (Phi) is 4.95. The molecule has 2 heterocycles. The van der Waals surface area contributed by atoms with Crippen LogP contribution in [0.1, 0.15) is 0 Å². The minimum absolute atomic E-state index is 0.161. The van der Waals surface area contributed by atoms with E-state index in [0.717, 1.165) is 11.7 Å². The van der Waals surface area contributed by atoms with Crippen molar-refractivity contribution in [2.24, 2.45) is 0 Å². The summed E-state index contributed by atoms with van der Waals surface area (Å²) in [6, 6.07) is 0. The van der Waals surface area contributed by atoms with E-state index in [-0.39, 0.29) is 13.2 Å². The van der Waals surface area contributed by atoms with Crippen molar-refractivity contribution in [3.63, 3.8) is 0 Å². The number of alkyl halides is 9. The predicted octanol–water partition coefficient (Wildman–Crippen LogP) is 5.47. The molecule has 0 radical (unpaired) electrons. The molecule has 2 aliphatic heterocycles. The van der Waals surface area contributed by atoms with E-state index in [9.17, 15) is 39.5 Å². The van der Waals surface area contributed by atoms with E-state index in [1.807, 2.05) is 0 Å². The Hall–Kier alpha value is 0.120. The first kappa shape index (κ1) is 20.4. The standard InChI is InChI=1S/C9H9F9NO2PS2/c1-19-2-3-20-22(19,21-4-7(10,11)12)23-5(8(13,14)15)6(24-22)9(16,17)18/h2-4H2,1H3. The van der Waals surface area contributed by atoms with Crippen molar-refractivity contribution < 1.29 is 48.6 Å². The van der Waals surface area contributed by atoms with Gasteiger partial charge in [0.25, 0.3) is 0 Å². The van der Waals surface area contributed by atoms with Gasteiger partial charge in [0.1, 0.15) is 0 Å². The molecule has 0 aromatic carbocycles. The first-order valence-corrected chi connectivity index (χ1v) is 10.9. The van der Waals surface area contributed by atoms with Gasteiger partial charge in [-0.25, -0.2) is 0 Å². The van der Waals surface area contributed by atoms with Crippen LogP contribution in [0.15, 0.2) is 9.81 Å². The number of rotatable bonds is 2. The van der Waals surface area contributed by atoms with Crippen LogP contribution >= 0.6 is 28.4 Å². The van der Waals surface area contributed by atoms with Crippen molar-refractivity contribution in [2.45, 2.75) is 18.5 Å². The van der Waals surface area contributed by atoms with Crippen molar-refractivity contribution in [1.29, 1.82) is 0 Å². The van der Waals surface area contributed by atoms with E-state index in [4.69, 9.17) is 4.52 Å². The molecular weight excluding hydrogens is 420 g/mol. The summed E-state index contributed by atoms with van der Waals surface area (Å²) in [7, 11) is 1.08. The van der Waals surface area contributed by atoms with Gasteiger partial charge < -0.3 is 0 Å². The molecule has 0 saturated carbocycles. The van der Waals surface area contributed by atoms with E-state index in [0.29, 0.717) is 0 Å². The second-order valence-corrected chi connectivity index (χ2v) is 14.3. The Morgan fingerprint density at radius 2 is 1.46 bits per heavy atom. The summed E-state index contributed by atoms with van der Waals surface area (Å²) in [6.45, 7) is -2.53. The molecule has 3 nitrogen and oxygen atoms in total. The molecule has 2 aliphatic rings. The Labute approximate surface area is 137 Å². The van der Waals surface area contributed by atoms with Crippen LogP contribution in [0, 0.1) is 0 Å². The summed E-state index contributed by atoms with van der Waals surface area (Å²) >= 11 is -0.863. The van der Waals surface area contributed by atoms with Crippen molar-refractivity contribution in [3.05, 3.63) is 9.81 Å². The fraction of sp³-hybridized carbons (Fsp3) is 0.778. The third-order valence-corrected chi connectivity index (χ3v) is 14.6. The van der Waals surface area contributed by atoms with Crippen LogP contribution in [0.5, 0.6) is 0 Å². The molecule has 0 aromatic heterocycles. The van der Waals surface area contributed by atoms with Crippen LogP contribution in [0.2, 0.25) is 0 Å². The van der Waals surface area contributed by atoms with Crippen LogP contribution in [0.4, 0.5) is 39.5 Å². The van der Waals surface area contributed by atoms with E-state index < -0.39 is 63.3 Å². The fourth-order valence-corrected chi connectivity index (χ4v) is 13.4. The molecule has 0 bridgehead atoms. The quantitative estimate of drug-likeness (QED) is 0.428. The molecule has 0 amide bonds. The molecule has 24 heavy (non-hydrogen) atoms. The monoisotopic (exact) mass is 429 g/mol. The van der Waals surface area contributed by atoms with Gasteiger partial charge in [-0.05, 0) is 0 Å². The number of hydrogen-bond acceptors (Lipinski definition) is 5. The zero-order valence-corrected chi connectivity index (χ0v) is 14.1. The zero-order chi connectivity index (χ0) is 18.6. The van der Waals surface area contributed by atoms with Crippen LogP contribution in [-0.2, 0) is 9.05 Å². The van der Waals surface area contributed by atoms with Gasteiger partial charge in [0, 0.05) is 0 Å². The third kappa shape index (κ3) is 3.63. The Morgan fingerprint density at radius 1 is 1.00 bits per heavy atom. The number of nitrogens with zero attached hydrogens (tertiary/aromatic N) is 1. The van der Waals surface area contributed by atoms with Crippen LogP contribution < -0.4 is 0 Å². The van der Waals surface area contributed by atoms with Gasteiger partial charge in [0.2, 0.25) is 0 Å². The molecule has 1 fully saturated rings. The Balaban J connectivity index is 2.50. The second-order valence-electron chi connectivity index (χ2n) is 4.71. The summed E-state index contributed by atoms with van der Waals surface area (Å²) < 4.78 is 126. The normalized spacial score (nSPS) is 26.8. The molecule has 0 aromatic rings. The first-order valence-electron chi connectivity index (χ1n) is 5.98. The molecule has 1 spiro atoms. The average Bonchev–Trinajstić information content (AvgIpc) is 2.88. The molecule has 15 heteroatoms. The summed E-state index contributed by atoms with van der Waals surface area (Å²) in [5, 5.41) is 0. The molecule has 1 saturated heterocycles. The zero-order valence-electron chi connectivity index (χ0n) is 11.6. The molecule has 0 aliphatic carbocycles. The minimum atomic E-state index is -5.40. The SMILES string of the molecule is CN1CCOP12(OCC(F)(F)F)SC(C(F)(F)F)=C(C(F)(F)F)S2. The summed E-state index contributed by atoms with van der Waals surface area (Å²) in [6.07, 6.45) is -15.8. The second kappa shape index (κ2) is 5.81. The molecular formula is C9H9F9NO2PS2. The van der Waals surface area contributed by atoms with Crippen LogP contribution in [-0.4, -0.2) is 50.0 Å². The van der Waals surface area contributed by atoms with Gasteiger partial charge in [0.15, 0.2) is 0 Å². The van der Waals surface area contributed by atoms with E-state index >= 15 is 0 Å². The molecule has 0 atom stereocenters. The van der Waals surface area contributed by atoms with E-state index in [2.05, 4.69) is 4.52 Å². The number of likely N-dealkylation sites (N-methyl/N-ethyl adjacent to an activating group) is 1. The number of halogens is 9. The summed E-state index contributed by atoms with van der Waals surface area (Å²) in [5.41, 5.74) is -5.14. The Morgan fingerprint density at radius 3 is 1.75 bits per heavy atom. The first-order chi connectivity index (χ1) is 10.6. The third-order valence-electron chi connectivity index (χ3n) is 2.93. The maximum absolute atomic E-state index is 13.0. The van der Waals surface area contributed by atoms with Crippen molar-refractivity contribution in [3.8, 4) is 0 Å². The summed E-state index contributed by atoms with van der Waals surface area (Å²) in [5.74, 6) is 0. The number of allylic oxidation sites excluding steroid dienone is 2. The maximum atomic E-state index is 13.0. The van der Waals surface area contributed by atoms with Crippen molar-refractivity contribution >= 4 is 28.4 Å². The number of hydrogen-bond donors (Lipinski definition) is 0. The van der Waals surface area contributed by atoms with Gasteiger partial charge in [0.05, 0.1) is 0 Å². The molecule has 142 valence electrons. The van der Waals surface area contributed by atoms with Crippen molar-refractivity contribution in [1.82, 2.24) is 4.67 Å². The average molecular weight is 429 g/mol. The summed E-state index contributed by atoms with van der Waals surface area (Å²) in [4.78, 5) is -4.10. The van der Waals surface area contributed by atoms with Gasteiger partial charge in [-0.15, -0.1) is 0 Å². The van der Waals surface area contributed by atoms with Crippen LogP contribution in [0.25, 0.3) is 0 Å². The fourth-order valence-electron chi connectivity index (χ4n) is 1.92. The van der Waals surface area contributed by atoms with E-state index in [1.54, 1.807) is 0 Å². The van der Waals surface area contributed by atoms with Gasteiger partial charge in [-0.1, -0.05) is 0 Å². The van der Waals surface area contributed by atoms with E-state index in [1.165, 1.54) is 0 Å². The molecule has 0 unspecified atom stereocenters.